The predicted octanol–water partition coefficient (Wildman–Crippen LogP) is 3.13. The summed E-state index contributed by atoms with van der Waals surface area (Å²) >= 11 is 0. The highest BCUT2D eigenvalue weighted by molar-refractivity contribution is 5.94. The molecule has 0 radical (unpaired) electrons. The molecule has 1 amide bonds. The minimum Gasteiger partial charge on any atom is -0.381 e. The molecule has 0 aliphatic carbocycles. The molecule has 3 atom stereocenters. The molecule has 2 N–H and O–H groups in total. The van der Waals surface area contributed by atoms with E-state index in [0.717, 1.165) is 23.2 Å². The topological polar surface area (TPSA) is 89.1 Å². The Morgan fingerprint density at radius 3 is 2.69 bits per heavy atom. The van der Waals surface area contributed by atoms with Gasteiger partial charge in [-0.3, -0.25) is 9.89 Å². The van der Waals surface area contributed by atoms with Crippen molar-refractivity contribution in [2.24, 2.45) is 11.8 Å². The molecule has 0 bridgehead atoms. The normalized spacial score (nSPS) is 23.5. The van der Waals surface area contributed by atoms with Crippen LogP contribution >= 0.6 is 0 Å². The van der Waals surface area contributed by atoms with E-state index in [4.69, 9.17) is 9.47 Å². The highest BCUT2D eigenvalue weighted by Gasteiger charge is 2.42. The van der Waals surface area contributed by atoms with Gasteiger partial charge in [-0.05, 0) is 30.7 Å². The molecule has 0 saturated carbocycles. The van der Waals surface area contributed by atoms with Gasteiger partial charge in [0, 0.05) is 35.3 Å². The van der Waals surface area contributed by atoms with Gasteiger partial charge in [-0.1, -0.05) is 30.3 Å². The average molecular weight is 390 g/mol. The quantitative estimate of drug-likeness (QED) is 0.714. The number of ether oxygens (including phenoxy) is 2. The van der Waals surface area contributed by atoms with Gasteiger partial charge in [0.1, 0.15) is 6.10 Å². The molecule has 1 aromatic heterocycles. The van der Waals surface area contributed by atoms with Crippen molar-refractivity contribution in [2.45, 2.75) is 12.5 Å². The van der Waals surface area contributed by atoms with Crippen molar-refractivity contribution >= 4 is 11.6 Å². The van der Waals surface area contributed by atoms with E-state index in [-0.39, 0.29) is 11.8 Å². The smallest absolute Gasteiger partial charge is 0.253 e. The van der Waals surface area contributed by atoms with Gasteiger partial charge in [0.15, 0.2) is 11.6 Å². The number of aromatic amines is 1. The van der Waals surface area contributed by atoms with Crippen molar-refractivity contribution < 1.29 is 14.3 Å². The number of carbonyl (C=O) groups excluding carboxylic acids is 1. The van der Waals surface area contributed by atoms with Crippen molar-refractivity contribution in [3.8, 4) is 22.8 Å². The molecule has 0 spiro atoms. The first-order valence-corrected chi connectivity index (χ1v) is 9.86. The van der Waals surface area contributed by atoms with E-state index >= 15 is 0 Å². The van der Waals surface area contributed by atoms with Gasteiger partial charge in [-0.15, -0.1) is 0 Å². The lowest BCUT2D eigenvalue weighted by molar-refractivity contribution is -0.126. The van der Waals surface area contributed by atoms with E-state index in [9.17, 15) is 4.79 Å². The fourth-order valence-corrected chi connectivity index (χ4v) is 4.04. The number of nitrogens with one attached hydrogen (secondary N) is 2. The van der Waals surface area contributed by atoms with Gasteiger partial charge in [0.2, 0.25) is 0 Å². The Morgan fingerprint density at radius 2 is 1.86 bits per heavy atom. The molecular weight excluding hydrogens is 368 g/mol. The second-order valence-electron chi connectivity index (χ2n) is 7.48. The van der Waals surface area contributed by atoms with Crippen LogP contribution in [0.3, 0.4) is 0 Å². The first-order chi connectivity index (χ1) is 14.3. The zero-order chi connectivity index (χ0) is 19.6. The first-order valence-electron chi connectivity index (χ1n) is 9.86. The molecule has 2 saturated heterocycles. The number of carbonyl (C=O) groups is 1. The predicted molar refractivity (Wildman–Crippen MR) is 108 cm³/mol. The van der Waals surface area contributed by atoms with E-state index in [1.165, 1.54) is 0 Å². The van der Waals surface area contributed by atoms with Crippen molar-refractivity contribution in [3.63, 3.8) is 0 Å². The summed E-state index contributed by atoms with van der Waals surface area (Å²) in [5.74, 6) is 1.83. The van der Waals surface area contributed by atoms with E-state index < -0.39 is 6.10 Å². The highest BCUT2D eigenvalue weighted by atomic mass is 16.5. The molecule has 2 aliphatic heterocycles. The SMILES string of the molecule is O=C(Nc1ccc(-c2nc(-c3ccccc3)n[nH]2)cc1)[C@@H]1OC[C@@H]2COCC[C@H]21. The van der Waals surface area contributed by atoms with Crippen LogP contribution in [0.1, 0.15) is 6.42 Å². The molecule has 2 aromatic carbocycles. The largest absolute Gasteiger partial charge is 0.381 e. The summed E-state index contributed by atoms with van der Waals surface area (Å²) in [6.07, 6.45) is 0.475. The first kappa shape index (κ1) is 18.0. The minimum atomic E-state index is -0.397. The molecule has 5 rings (SSSR count). The Kier molecular flexibility index (Phi) is 4.83. The number of fused-ring (bicyclic) bond motifs is 1. The summed E-state index contributed by atoms with van der Waals surface area (Å²) in [4.78, 5) is 17.2. The highest BCUT2D eigenvalue weighted by Crippen LogP contribution is 2.34. The molecule has 29 heavy (non-hydrogen) atoms. The van der Waals surface area contributed by atoms with Gasteiger partial charge in [-0.25, -0.2) is 4.98 Å². The molecule has 2 aliphatic rings. The summed E-state index contributed by atoms with van der Waals surface area (Å²) in [7, 11) is 0. The fourth-order valence-electron chi connectivity index (χ4n) is 4.04. The van der Waals surface area contributed by atoms with Crippen LogP contribution in [0.2, 0.25) is 0 Å². The zero-order valence-electron chi connectivity index (χ0n) is 15.9. The molecule has 7 heteroatoms. The molecule has 148 valence electrons. The Labute approximate surface area is 168 Å². The van der Waals surface area contributed by atoms with Crippen LogP contribution in [0.25, 0.3) is 22.8 Å². The summed E-state index contributed by atoms with van der Waals surface area (Å²) in [5.41, 5.74) is 2.60. The summed E-state index contributed by atoms with van der Waals surface area (Å²) in [5, 5.41) is 10.2. The van der Waals surface area contributed by atoms with Crippen LogP contribution in [0.5, 0.6) is 0 Å². The lowest BCUT2D eigenvalue weighted by atomic mass is 9.86. The Bertz CT molecular complexity index is 987. The number of benzene rings is 2. The van der Waals surface area contributed by atoms with Crippen molar-refractivity contribution in [1.29, 1.82) is 0 Å². The van der Waals surface area contributed by atoms with Gasteiger partial charge in [0.05, 0.1) is 13.2 Å². The monoisotopic (exact) mass is 390 g/mol. The third-order valence-electron chi connectivity index (χ3n) is 5.61. The number of anilines is 1. The van der Waals surface area contributed by atoms with Gasteiger partial charge in [0.25, 0.3) is 5.91 Å². The van der Waals surface area contributed by atoms with Crippen LogP contribution in [0.15, 0.2) is 54.6 Å². The number of hydrogen-bond acceptors (Lipinski definition) is 5. The maximum Gasteiger partial charge on any atom is 0.253 e. The Balaban J connectivity index is 1.26. The van der Waals surface area contributed by atoms with E-state index in [0.29, 0.717) is 37.4 Å². The lowest BCUT2D eigenvalue weighted by Crippen LogP contribution is -2.37. The van der Waals surface area contributed by atoms with Crippen LogP contribution in [-0.4, -0.2) is 47.0 Å². The standard InChI is InChI=1S/C22H22N4O3/c27-22(19-18-10-11-28-12-16(18)13-29-19)23-17-8-6-15(7-9-17)21-24-20(25-26-21)14-4-2-1-3-5-14/h1-9,16,18-19H,10-13H2,(H,23,27)(H,24,25,26)/t16-,18+,19+/m0/s1. The van der Waals surface area contributed by atoms with Crippen molar-refractivity contribution in [3.05, 3.63) is 54.6 Å². The number of H-pyrrole nitrogens is 1. The summed E-state index contributed by atoms with van der Waals surface area (Å²) in [6.45, 7) is 1.98. The minimum absolute atomic E-state index is 0.0850. The van der Waals surface area contributed by atoms with Crippen LogP contribution in [0, 0.1) is 11.8 Å². The molecule has 0 unspecified atom stereocenters. The number of rotatable bonds is 4. The average Bonchev–Trinajstić information content (AvgIpc) is 3.43. The summed E-state index contributed by atoms with van der Waals surface area (Å²) in [6, 6.07) is 17.4. The molecule has 3 heterocycles. The van der Waals surface area contributed by atoms with Crippen LogP contribution in [-0.2, 0) is 14.3 Å². The lowest BCUT2D eigenvalue weighted by Gasteiger charge is -2.26. The number of hydrogen-bond donors (Lipinski definition) is 2. The summed E-state index contributed by atoms with van der Waals surface area (Å²) < 4.78 is 11.2. The Morgan fingerprint density at radius 1 is 1.03 bits per heavy atom. The second kappa shape index (κ2) is 7.77. The zero-order valence-corrected chi connectivity index (χ0v) is 15.9. The number of aromatic nitrogens is 3. The van der Waals surface area contributed by atoms with Crippen LogP contribution in [0.4, 0.5) is 5.69 Å². The van der Waals surface area contributed by atoms with Crippen molar-refractivity contribution in [1.82, 2.24) is 15.2 Å². The third kappa shape index (κ3) is 3.66. The maximum absolute atomic E-state index is 12.7. The Hall–Kier alpha value is -3.03. The molecule has 3 aromatic rings. The number of amides is 1. The maximum atomic E-state index is 12.7. The molecule has 7 nitrogen and oxygen atoms in total. The van der Waals surface area contributed by atoms with Gasteiger partial charge >= 0.3 is 0 Å². The van der Waals surface area contributed by atoms with E-state index in [1.807, 2.05) is 54.6 Å². The second-order valence-corrected chi connectivity index (χ2v) is 7.48. The van der Waals surface area contributed by atoms with Gasteiger partial charge < -0.3 is 14.8 Å². The van der Waals surface area contributed by atoms with Crippen molar-refractivity contribution in [2.75, 3.05) is 25.1 Å². The third-order valence-corrected chi connectivity index (χ3v) is 5.61. The molecular formula is C22H22N4O3. The van der Waals surface area contributed by atoms with Gasteiger partial charge in [-0.2, -0.15) is 5.10 Å². The van der Waals surface area contributed by atoms with E-state index in [1.54, 1.807) is 0 Å². The van der Waals surface area contributed by atoms with E-state index in [2.05, 4.69) is 20.5 Å². The fraction of sp³-hybridized carbons (Fsp3) is 0.318. The van der Waals surface area contributed by atoms with Crippen LogP contribution < -0.4 is 5.32 Å². The molecule has 2 fully saturated rings. The number of nitrogens with zero attached hydrogens (tertiary/aromatic N) is 2.